The van der Waals surface area contributed by atoms with Crippen LogP contribution in [0.2, 0.25) is 5.15 Å². The van der Waals surface area contributed by atoms with Gasteiger partial charge < -0.3 is 0 Å². The van der Waals surface area contributed by atoms with Gasteiger partial charge in [0.25, 0.3) is 5.56 Å². The fourth-order valence-corrected chi connectivity index (χ4v) is 1.74. The van der Waals surface area contributed by atoms with Gasteiger partial charge in [0, 0.05) is 12.3 Å². The molecule has 0 bridgehead atoms. The monoisotopic (exact) mass is 222 g/mol. The molecule has 0 aliphatic heterocycles. The molecule has 0 saturated heterocycles. The predicted octanol–water partition coefficient (Wildman–Crippen LogP) is 2.47. The summed E-state index contributed by atoms with van der Waals surface area (Å²) in [5.74, 6) is 0.312. The zero-order chi connectivity index (χ0) is 11.0. The average Bonchev–Trinajstić information content (AvgIpc) is 2.16. The number of nitrogens with zero attached hydrogens (tertiary/aromatic N) is 2. The molecule has 2 aromatic rings. The van der Waals surface area contributed by atoms with E-state index in [4.69, 9.17) is 11.6 Å². The molecule has 78 valence electrons. The van der Waals surface area contributed by atoms with Crippen molar-refractivity contribution < 1.29 is 0 Å². The summed E-state index contributed by atoms with van der Waals surface area (Å²) in [6.45, 7) is 4.12. The first-order chi connectivity index (χ1) is 7.09. The number of halogens is 1. The molecule has 2 aromatic heterocycles. The molecule has 15 heavy (non-hydrogen) atoms. The fraction of sp³-hybridized carbons (Fsp3) is 0.273. The molecule has 0 atom stereocenters. The van der Waals surface area contributed by atoms with Gasteiger partial charge in [-0.05, 0) is 17.5 Å². The molecule has 2 heterocycles. The van der Waals surface area contributed by atoms with E-state index in [0.717, 1.165) is 5.56 Å². The molecule has 0 N–H and O–H groups in total. The van der Waals surface area contributed by atoms with Crippen LogP contribution < -0.4 is 5.56 Å². The van der Waals surface area contributed by atoms with Gasteiger partial charge in [-0.3, -0.25) is 9.20 Å². The summed E-state index contributed by atoms with van der Waals surface area (Å²) in [7, 11) is 0. The van der Waals surface area contributed by atoms with E-state index in [9.17, 15) is 4.79 Å². The first-order valence-corrected chi connectivity index (χ1v) is 5.15. The van der Waals surface area contributed by atoms with Crippen LogP contribution in [0.25, 0.3) is 5.65 Å². The largest absolute Gasteiger partial charge is 0.269 e. The molecule has 4 heteroatoms. The van der Waals surface area contributed by atoms with E-state index in [2.05, 4.69) is 18.8 Å². The first kappa shape index (κ1) is 10.2. The predicted molar refractivity (Wildman–Crippen MR) is 60.6 cm³/mol. The van der Waals surface area contributed by atoms with E-state index >= 15 is 0 Å². The lowest BCUT2D eigenvalue weighted by atomic mass is 10.1. The van der Waals surface area contributed by atoms with E-state index in [-0.39, 0.29) is 10.7 Å². The standard InChI is InChI=1S/C11H11ClN2O/c1-7(2)8-4-3-5-14-10(15)6-9(12)13-11(8)14/h3-7H,1-2H3. The topological polar surface area (TPSA) is 34.4 Å². The highest BCUT2D eigenvalue weighted by Crippen LogP contribution is 2.18. The lowest BCUT2D eigenvalue weighted by Crippen LogP contribution is -2.14. The maximum atomic E-state index is 11.6. The molecule has 0 amide bonds. The molecule has 0 aliphatic carbocycles. The van der Waals surface area contributed by atoms with Crippen LogP contribution in [0.15, 0.2) is 29.2 Å². The zero-order valence-corrected chi connectivity index (χ0v) is 9.32. The van der Waals surface area contributed by atoms with Crippen LogP contribution in [0.1, 0.15) is 25.3 Å². The molecule has 3 nitrogen and oxygen atoms in total. The van der Waals surface area contributed by atoms with Crippen molar-refractivity contribution in [2.24, 2.45) is 0 Å². The van der Waals surface area contributed by atoms with Gasteiger partial charge in [-0.2, -0.15) is 0 Å². The van der Waals surface area contributed by atoms with E-state index in [1.165, 1.54) is 10.5 Å². The van der Waals surface area contributed by atoms with Crippen LogP contribution in [-0.2, 0) is 0 Å². The summed E-state index contributed by atoms with van der Waals surface area (Å²) in [6.07, 6.45) is 1.70. The van der Waals surface area contributed by atoms with Gasteiger partial charge in [-0.1, -0.05) is 31.5 Å². The van der Waals surface area contributed by atoms with Crippen molar-refractivity contribution in [3.8, 4) is 0 Å². The third-order valence-corrected chi connectivity index (χ3v) is 2.51. The smallest absolute Gasteiger partial charge is 0.259 e. The van der Waals surface area contributed by atoms with Gasteiger partial charge in [0.15, 0.2) is 0 Å². The summed E-state index contributed by atoms with van der Waals surface area (Å²) in [5, 5.41) is 0.244. The number of fused-ring (bicyclic) bond motifs is 1. The molecule has 0 radical (unpaired) electrons. The minimum absolute atomic E-state index is 0.146. The Morgan fingerprint density at radius 2 is 2.20 bits per heavy atom. The summed E-state index contributed by atoms with van der Waals surface area (Å²) < 4.78 is 1.52. The van der Waals surface area contributed by atoms with E-state index < -0.39 is 0 Å². The van der Waals surface area contributed by atoms with Crippen molar-refractivity contribution in [2.75, 3.05) is 0 Å². The van der Waals surface area contributed by atoms with E-state index in [0.29, 0.717) is 11.6 Å². The Hall–Kier alpha value is -1.35. The summed E-state index contributed by atoms with van der Waals surface area (Å²) in [5.41, 5.74) is 1.52. The third-order valence-electron chi connectivity index (χ3n) is 2.31. The average molecular weight is 223 g/mol. The van der Waals surface area contributed by atoms with Crippen molar-refractivity contribution in [1.29, 1.82) is 0 Å². The van der Waals surface area contributed by atoms with Crippen LogP contribution in [-0.4, -0.2) is 9.38 Å². The van der Waals surface area contributed by atoms with E-state index in [1.54, 1.807) is 6.20 Å². The summed E-state index contributed by atoms with van der Waals surface area (Å²) in [4.78, 5) is 15.8. The van der Waals surface area contributed by atoms with Crippen molar-refractivity contribution in [3.63, 3.8) is 0 Å². The summed E-state index contributed by atoms with van der Waals surface area (Å²) in [6, 6.07) is 5.13. The Labute approximate surface area is 92.3 Å². The SMILES string of the molecule is CC(C)c1cccn2c(=O)cc(Cl)nc12. The number of hydrogen-bond donors (Lipinski definition) is 0. The maximum Gasteiger partial charge on any atom is 0.259 e. The van der Waals surface area contributed by atoms with Crippen molar-refractivity contribution in [1.82, 2.24) is 9.38 Å². The number of rotatable bonds is 1. The molecule has 0 fully saturated rings. The first-order valence-electron chi connectivity index (χ1n) is 4.77. The van der Waals surface area contributed by atoms with Crippen molar-refractivity contribution in [3.05, 3.63) is 45.5 Å². The Balaban J connectivity index is 2.91. The molecule has 0 spiro atoms. The van der Waals surface area contributed by atoms with Gasteiger partial charge in [0.2, 0.25) is 0 Å². The van der Waals surface area contributed by atoms with E-state index in [1.807, 2.05) is 12.1 Å². The van der Waals surface area contributed by atoms with Crippen molar-refractivity contribution in [2.45, 2.75) is 19.8 Å². The fourth-order valence-electron chi connectivity index (χ4n) is 1.57. The van der Waals surface area contributed by atoms with Gasteiger partial charge in [0.05, 0.1) is 0 Å². The number of pyridine rings is 1. The third kappa shape index (κ3) is 1.75. The molecule has 0 aromatic carbocycles. The molecular weight excluding hydrogens is 212 g/mol. The molecule has 0 unspecified atom stereocenters. The van der Waals surface area contributed by atoms with Gasteiger partial charge >= 0.3 is 0 Å². The van der Waals surface area contributed by atoms with Crippen LogP contribution in [0.3, 0.4) is 0 Å². The quantitative estimate of drug-likeness (QED) is 0.695. The molecule has 2 rings (SSSR count). The van der Waals surface area contributed by atoms with Crippen LogP contribution >= 0.6 is 11.6 Å². The number of hydrogen-bond acceptors (Lipinski definition) is 2. The maximum absolute atomic E-state index is 11.6. The lowest BCUT2D eigenvalue weighted by Gasteiger charge is -2.09. The number of aromatic nitrogens is 2. The molecular formula is C11H11ClN2O. The highest BCUT2D eigenvalue weighted by Gasteiger charge is 2.08. The molecule has 0 saturated carbocycles. The van der Waals surface area contributed by atoms with Crippen LogP contribution in [0, 0.1) is 0 Å². The Bertz CT molecular complexity index is 560. The second kappa shape index (κ2) is 3.66. The van der Waals surface area contributed by atoms with Gasteiger partial charge in [-0.15, -0.1) is 0 Å². The Morgan fingerprint density at radius 3 is 2.87 bits per heavy atom. The van der Waals surface area contributed by atoms with Crippen molar-refractivity contribution >= 4 is 17.2 Å². The Morgan fingerprint density at radius 1 is 1.47 bits per heavy atom. The highest BCUT2D eigenvalue weighted by molar-refractivity contribution is 6.29. The minimum atomic E-state index is -0.146. The van der Waals surface area contributed by atoms with Gasteiger partial charge in [0.1, 0.15) is 10.8 Å². The van der Waals surface area contributed by atoms with Gasteiger partial charge in [-0.25, -0.2) is 4.98 Å². The summed E-state index contributed by atoms with van der Waals surface area (Å²) >= 11 is 5.78. The second-order valence-electron chi connectivity index (χ2n) is 3.73. The minimum Gasteiger partial charge on any atom is -0.269 e. The van der Waals surface area contributed by atoms with Crippen LogP contribution in [0.5, 0.6) is 0 Å². The highest BCUT2D eigenvalue weighted by atomic mass is 35.5. The van der Waals surface area contributed by atoms with Crippen LogP contribution in [0.4, 0.5) is 0 Å². The lowest BCUT2D eigenvalue weighted by molar-refractivity contribution is 0.854. The normalized spacial score (nSPS) is 11.2. The second-order valence-corrected chi connectivity index (χ2v) is 4.12. The Kier molecular flexibility index (Phi) is 2.49. The zero-order valence-electron chi connectivity index (χ0n) is 8.57. The molecule has 0 aliphatic rings.